The minimum atomic E-state index is -4.94. The molecule has 73 heavy (non-hydrogen) atoms. The molecule has 5 aromatic heterocycles. The van der Waals surface area contributed by atoms with Crippen LogP contribution >= 0.6 is 0 Å². The number of nitrogens with zero attached hydrogens (tertiary/aromatic N) is 7. The van der Waals surface area contributed by atoms with Gasteiger partial charge in [0.05, 0.1) is 34.2 Å². The summed E-state index contributed by atoms with van der Waals surface area (Å²) in [5.41, 5.74) is 6.17. The van der Waals surface area contributed by atoms with Crippen LogP contribution in [-0.4, -0.2) is 40.2 Å². The second-order valence-electron chi connectivity index (χ2n) is 15.0. The Morgan fingerprint density at radius 3 is 0.767 bits per heavy atom. The Hall–Kier alpha value is -4.85. The smallest absolute Gasteiger partial charge is 0.870 e. The number of hydrogen-bond acceptors (Lipinski definition) is 20. The second kappa shape index (κ2) is 29.9. The van der Waals surface area contributed by atoms with Gasteiger partial charge in [0.2, 0.25) is 0 Å². The molecule has 4 aromatic carbocycles. The average molecular weight is 1170 g/mol. The third kappa shape index (κ3) is 22.3. The molecule has 0 spiro atoms. The van der Waals surface area contributed by atoms with Crippen LogP contribution in [0, 0.1) is 30.7 Å². The maximum Gasteiger partial charge on any atom is 2.00 e. The molecule has 0 bridgehead atoms. The number of aromatic nitrogens is 5. The normalized spacial score (nSPS) is 11.2. The number of rotatable bonds is 12. The van der Waals surface area contributed by atoms with Crippen LogP contribution in [0.5, 0.6) is 0 Å². The molecule has 0 saturated heterocycles. The van der Waals surface area contributed by atoms with Crippen LogP contribution in [0.4, 0.5) is 0 Å². The average Bonchev–Trinajstić information content (AvgIpc) is 3.28. The maximum atomic E-state index is 8.49. The fourth-order valence-electron chi connectivity index (χ4n) is 7.58. The van der Waals surface area contributed by atoms with Crippen LogP contribution in [0.25, 0.3) is 43.1 Å². The molecule has 0 atom stereocenters. The molecule has 374 valence electrons. The molecule has 0 unspecified atom stereocenters. The summed E-state index contributed by atoms with van der Waals surface area (Å²) in [4.78, 5) is 29.6. The Kier molecular flexibility index (Phi) is 26.3. The quantitative estimate of drug-likeness (QED) is 0.0812. The van der Waals surface area contributed by atoms with E-state index in [0.717, 1.165) is 55.7 Å². The Morgan fingerprint density at radius 1 is 0.315 bits per heavy atom. The first-order valence-electron chi connectivity index (χ1n) is 20.3. The molecule has 5 heterocycles. The van der Waals surface area contributed by atoms with E-state index >= 15 is 0 Å². The number of pyridine rings is 5. The van der Waals surface area contributed by atoms with Gasteiger partial charge in [0.25, 0.3) is 0 Å². The summed E-state index contributed by atoms with van der Waals surface area (Å²) in [6.45, 7) is 3.90. The molecule has 26 heteroatoms. The summed E-state index contributed by atoms with van der Waals surface area (Å²) in [6, 6.07) is 48.6. The van der Waals surface area contributed by atoms with E-state index in [4.69, 9.17) is 80.8 Å². The van der Waals surface area contributed by atoms with Gasteiger partial charge >= 0.3 is 39.0 Å². The van der Waals surface area contributed by atoms with Crippen molar-refractivity contribution >= 4 is 43.1 Å². The SMILES string of the molecule is [O-][Cl+3]([O-])([O-])[O-].[O-][Cl+3]([O-])([O-])[O-].[O-][Cl+3]([O-])([O-])[O-].[OH-].[OH3+].[Zn+2].[Zn+2].c1cc(CN(Cc2nccc3ccccc23)Cc2nccc3ccccc23)nc(CN(Cc2nccc3ccccc23)Cc2nccc3ccccc23)c1. The minimum absolute atomic E-state index is 0. The van der Waals surface area contributed by atoms with Crippen molar-refractivity contribution < 1.29 is 137 Å². The molecule has 0 radical (unpaired) electrons. The van der Waals surface area contributed by atoms with Gasteiger partial charge in [-0.15, -0.1) is 30.7 Å². The van der Waals surface area contributed by atoms with E-state index in [-0.39, 0.29) is 49.9 Å². The number of fused-ring (bicyclic) bond motifs is 4. The van der Waals surface area contributed by atoms with E-state index in [1.54, 1.807) is 0 Å². The molecule has 21 nitrogen and oxygen atoms in total. The van der Waals surface area contributed by atoms with Gasteiger partial charge in [0.1, 0.15) is 0 Å². The number of hydrogen-bond donors (Lipinski definition) is 0. The summed E-state index contributed by atoms with van der Waals surface area (Å²) in [7, 11) is -14.8. The number of halogens is 3. The van der Waals surface area contributed by atoms with Crippen LogP contribution in [-0.2, 0) is 83.7 Å². The molecule has 9 rings (SSSR count). The summed E-state index contributed by atoms with van der Waals surface area (Å²) in [5.74, 6) is 0. The molecule has 0 aliphatic heterocycles. The fraction of sp³-hybridized carbons (Fsp3) is 0.128. The predicted molar refractivity (Wildman–Crippen MR) is 224 cm³/mol. The van der Waals surface area contributed by atoms with Crippen molar-refractivity contribution in [2.45, 2.75) is 39.3 Å². The molecule has 4 N–H and O–H groups in total. The van der Waals surface area contributed by atoms with Gasteiger partial charge in [-0.1, -0.05) is 103 Å². The molecular weight excluding hydrogens is 1120 g/mol. The van der Waals surface area contributed by atoms with Crippen molar-refractivity contribution in [3.05, 3.63) is 198 Å². The van der Waals surface area contributed by atoms with Gasteiger partial charge in [-0.05, 0) is 57.9 Å². The molecule has 0 fully saturated rings. The van der Waals surface area contributed by atoms with Crippen molar-refractivity contribution in [3.8, 4) is 0 Å². The molecule has 0 aliphatic carbocycles. The number of benzene rings is 4. The first kappa shape index (κ1) is 64.3. The van der Waals surface area contributed by atoms with E-state index in [0.29, 0.717) is 39.3 Å². The first-order valence-corrected chi connectivity index (χ1v) is 24.0. The molecular formula is C47H43Cl3N7O14Zn2+. The molecule has 9 aromatic rings. The minimum Gasteiger partial charge on any atom is -0.870 e. The van der Waals surface area contributed by atoms with Crippen LogP contribution in [0.15, 0.2) is 164 Å². The zero-order valence-corrected chi connectivity index (χ0v) is 46.6. The van der Waals surface area contributed by atoms with Crippen LogP contribution in [0.1, 0.15) is 34.2 Å². The van der Waals surface area contributed by atoms with E-state index < -0.39 is 30.7 Å². The Balaban J connectivity index is 0.000000848. The van der Waals surface area contributed by atoms with E-state index in [9.17, 15) is 0 Å². The third-order valence-corrected chi connectivity index (χ3v) is 10.2. The van der Waals surface area contributed by atoms with Crippen LogP contribution in [0.2, 0.25) is 0 Å². The van der Waals surface area contributed by atoms with Gasteiger partial charge in [-0.2, -0.15) is 0 Å². The second-order valence-corrected chi connectivity index (χ2v) is 17.2. The Bertz CT molecular complexity index is 2690. The van der Waals surface area contributed by atoms with Crippen molar-refractivity contribution in [1.82, 2.24) is 34.7 Å². The van der Waals surface area contributed by atoms with Crippen molar-refractivity contribution in [2.75, 3.05) is 0 Å². The summed E-state index contributed by atoms with van der Waals surface area (Å²) >= 11 is 0. The zero-order valence-electron chi connectivity index (χ0n) is 38.4. The molecule has 0 saturated carbocycles. The van der Waals surface area contributed by atoms with Gasteiger partial charge < -0.3 is 11.0 Å². The van der Waals surface area contributed by atoms with Gasteiger partial charge in [0, 0.05) is 85.6 Å². The fourth-order valence-corrected chi connectivity index (χ4v) is 7.58. The monoisotopic (exact) mass is 1160 g/mol. The van der Waals surface area contributed by atoms with Crippen molar-refractivity contribution in [1.29, 1.82) is 0 Å². The Morgan fingerprint density at radius 2 is 0.534 bits per heavy atom. The van der Waals surface area contributed by atoms with Gasteiger partial charge in [0.15, 0.2) is 0 Å². The van der Waals surface area contributed by atoms with Crippen molar-refractivity contribution in [2.24, 2.45) is 0 Å². The molecule has 0 amide bonds. The van der Waals surface area contributed by atoms with E-state index in [2.05, 4.69) is 149 Å². The maximum absolute atomic E-state index is 8.49. The van der Waals surface area contributed by atoms with Crippen LogP contribution in [0.3, 0.4) is 0 Å². The topological polar surface area (TPSA) is 411 Å². The standard InChI is InChI=1S/C47H39N7.3ClHO4.2H2O.2Zn/c1-5-16-40-34(10-1)20-24-48-44(40)30-53(31-45-41-17-6-2-11-35(41)21-25-49-45)28-38-14-9-15-39(52-38)29-54(32-46-42-18-7-3-12-36(42)22-26-50-46)33-47-43-19-8-4-13-37(43)23-27-51-47;3*2-1(3,4)5;;;;/h1-27H,28-33H2;3*(H,2,3,4,5);2*1H2;;/q;;;;;;2*+2/p-3. The van der Waals surface area contributed by atoms with Crippen LogP contribution < -0.4 is 55.9 Å². The summed E-state index contributed by atoms with van der Waals surface area (Å²) < 4.78 is 102. The van der Waals surface area contributed by atoms with E-state index in [1.807, 2.05) is 24.8 Å². The Labute approximate surface area is 449 Å². The molecule has 0 aliphatic rings. The third-order valence-electron chi connectivity index (χ3n) is 10.2. The summed E-state index contributed by atoms with van der Waals surface area (Å²) in [5, 5.41) is 9.41. The van der Waals surface area contributed by atoms with Gasteiger partial charge in [-0.3, -0.25) is 34.7 Å². The van der Waals surface area contributed by atoms with Crippen molar-refractivity contribution in [3.63, 3.8) is 0 Å². The van der Waals surface area contributed by atoms with E-state index in [1.165, 1.54) is 21.5 Å². The largest absolute Gasteiger partial charge is 2.00 e. The van der Waals surface area contributed by atoms with Gasteiger partial charge in [-0.25, -0.2) is 55.9 Å². The zero-order chi connectivity index (χ0) is 49.6. The predicted octanol–water partition coefficient (Wildman–Crippen LogP) is -5.69. The first-order chi connectivity index (χ1) is 32.7. The summed E-state index contributed by atoms with van der Waals surface area (Å²) in [6.07, 6.45) is 7.65.